The van der Waals surface area contributed by atoms with Crippen LogP contribution in [0.3, 0.4) is 0 Å². The summed E-state index contributed by atoms with van der Waals surface area (Å²) in [6.07, 6.45) is 8.40. The Morgan fingerprint density at radius 3 is 2.34 bits per heavy atom. The average Bonchev–Trinajstić information content (AvgIpc) is 3.11. The first-order valence-corrected chi connectivity index (χ1v) is 11.5. The molecule has 1 saturated heterocycles. The van der Waals surface area contributed by atoms with Crippen molar-refractivity contribution in [3.63, 3.8) is 0 Å². The average molecular weight is 441 g/mol. The molecular weight excluding hydrogens is 411 g/mol. The zero-order valence-electron chi connectivity index (χ0n) is 16.7. The van der Waals surface area contributed by atoms with E-state index in [1.54, 1.807) is 17.0 Å². The van der Waals surface area contributed by atoms with Crippen LogP contribution in [-0.4, -0.2) is 47.9 Å². The van der Waals surface area contributed by atoms with E-state index in [1.807, 2.05) is 12.1 Å². The minimum atomic E-state index is -0.744. The molecule has 0 bridgehead atoms. The Balaban J connectivity index is 1.85. The van der Waals surface area contributed by atoms with Gasteiger partial charge in [-0.05, 0) is 43.4 Å². The molecule has 3 rings (SSSR count). The number of carbonyl (C=O) groups is 2. The van der Waals surface area contributed by atoms with Crippen LogP contribution < -0.4 is 5.32 Å². The summed E-state index contributed by atoms with van der Waals surface area (Å²) in [6.45, 7) is 1.05. The topological polar surface area (TPSA) is 58.6 Å². The molecular formula is C22H30Cl2N2O3. The van der Waals surface area contributed by atoms with Gasteiger partial charge in [0.1, 0.15) is 11.9 Å². The van der Waals surface area contributed by atoms with Gasteiger partial charge >= 0.3 is 0 Å². The summed E-state index contributed by atoms with van der Waals surface area (Å²) < 4.78 is 5.74. The summed E-state index contributed by atoms with van der Waals surface area (Å²) in [7, 11) is 0. The third-order valence-corrected chi connectivity index (χ3v) is 6.29. The molecule has 1 heterocycles. The second kappa shape index (κ2) is 11.2. The van der Waals surface area contributed by atoms with E-state index >= 15 is 0 Å². The highest BCUT2D eigenvalue weighted by Gasteiger charge is 2.34. The smallest absolute Gasteiger partial charge is 0.247 e. The molecule has 0 radical (unpaired) electrons. The normalized spacial score (nSPS) is 21.4. The number of halogens is 2. The van der Waals surface area contributed by atoms with Gasteiger partial charge in [-0.15, -0.1) is 11.6 Å². The summed E-state index contributed by atoms with van der Waals surface area (Å²) in [5.74, 6) is -0.595. The van der Waals surface area contributed by atoms with Crippen molar-refractivity contribution in [2.24, 2.45) is 0 Å². The van der Waals surface area contributed by atoms with Crippen LogP contribution in [0, 0.1) is 0 Å². The maximum absolute atomic E-state index is 13.4. The van der Waals surface area contributed by atoms with Crippen LogP contribution in [0.15, 0.2) is 24.3 Å². The number of ether oxygens (including phenoxy) is 1. The molecule has 7 heteroatoms. The monoisotopic (exact) mass is 440 g/mol. The van der Waals surface area contributed by atoms with Crippen LogP contribution in [0.4, 0.5) is 0 Å². The molecule has 1 aliphatic heterocycles. The van der Waals surface area contributed by atoms with Gasteiger partial charge in [0.15, 0.2) is 0 Å². The van der Waals surface area contributed by atoms with E-state index in [1.165, 1.54) is 12.8 Å². The summed E-state index contributed by atoms with van der Waals surface area (Å²) >= 11 is 12.0. The Kier molecular flexibility index (Phi) is 8.64. The molecule has 1 aromatic rings. The summed E-state index contributed by atoms with van der Waals surface area (Å²) in [5.41, 5.74) is 0.733. The first kappa shape index (κ1) is 22.4. The second-order valence-electron chi connectivity index (χ2n) is 7.97. The number of nitrogens with one attached hydrogen (secondary N) is 1. The number of nitrogens with zero attached hydrogens (tertiary/aromatic N) is 1. The van der Waals surface area contributed by atoms with E-state index in [9.17, 15) is 9.59 Å². The molecule has 2 fully saturated rings. The SMILES string of the molecule is O=C(NC1CCCCCC1)C(c1ccc(Cl)cc1)N(CC1CCCO1)C(=O)CCl. The number of alkyl halides is 1. The highest BCUT2D eigenvalue weighted by molar-refractivity contribution is 6.30. The van der Waals surface area contributed by atoms with E-state index in [2.05, 4.69) is 5.32 Å². The van der Waals surface area contributed by atoms with Crippen molar-refractivity contribution in [3.8, 4) is 0 Å². The van der Waals surface area contributed by atoms with Gasteiger partial charge in [0.05, 0.1) is 6.10 Å². The molecule has 0 aromatic heterocycles. The third-order valence-electron chi connectivity index (χ3n) is 5.81. The number of benzene rings is 1. The van der Waals surface area contributed by atoms with E-state index < -0.39 is 6.04 Å². The largest absolute Gasteiger partial charge is 0.376 e. The van der Waals surface area contributed by atoms with Crippen LogP contribution in [0.5, 0.6) is 0 Å². The first-order chi connectivity index (χ1) is 14.1. The highest BCUT2D eigenvalue weighted by atomic mass is 35.5. The molecule has 1 saturated carbocycles. The fourth-order valence-electron chi connectivity index (χ4n) is 4.26. The zero-order chi connectivity index (χ0) is 20.6. The van der Waals surface area contributed by atoms with Crippen LogP contribution in [0.2, 0.25) is 5.02 Å². The number of amides is 2. The van der Waals surface area contributed by atoms with E-state index in [0.717, 1.165) is 44.1 Å². The van der Waals surface area contributed by atoms with Gasteiger partial charge in [-0.2, -0.15) is 0 Å². The number of hydrogen-bond acceptors (Lipinski definition) is 3. The van der Waals surface area contributed by atoms with E-state index in [0.29, 0.717) is 18.2 Å². The maximum atomic E-state index is 13.4. The molecule has 0 spiro atoms. The van der Waals surface area contributed by atoms with Gasteiger partial charge in [-0.1, -0.05) is 49.4 Å². The van der Waals surface area contributed by atoms with E-state index in [4.69, 9.17) is 27.9 Å². The number of hydrogen-bond donors (Lipinski definition) is 1. The minimum absolute atomic E-state index is 0.0670. The van der Waals surface area contributed by atoms with Gasteiger partial charge in [-0.3, -0.25) is 9.59 Å². The lowest BCUT2D eigenvalue weighted by Crippen LogP contribution is -2.49. The van der Waals surface area contributed by atoms with Gasteiger partial charge in [0.2, 0.25) is 11.8 Å². The second-order valence-corrected chi connectivity index (χ2v) is 8.67. The van der Waals surface area contributed by atoms with Crippen molar-refractivity contribution >= 4 is 35.0 Å². The molecule has 1 aromatic carbocycles. The van der Waals surface area contributed by atoms with Crippen molar-refractivity contribution in [1.82, 2.24) is 10.2 Å². The standard InChI is InChI=1S/C22H30Cl2N2O3/c23-14-20(27)26(15-19-8-5-13-29-19)21(16-9-11-17(24)12-10-16)22(28)25-18-6-3-1-2-4-7-18/h9-12,18-19,21H,1-8,13-15H2,(H,25,28). The Morgan fingerprint density at radius 2 is 1.76 bits per heavy atom. The molecule has 1 N–H and O–H groups in total. The molecule has 2 atom stereocenters. The lowest BCUT2D eigenvalue weighted by Gasteiger charge is -2.33. The van der Waals surface area contributed by atoms with Crippen molar-refractivity contribution in [3.05, 3.63) is 34.9 Å². The lowest BCUT2D eigenvalue weighted by atomic mass is 10.0. The molecule has 160 valence electrons. The van der Waals surface area contributed by atoms with Crippen molar-refractivity contribution in [2.75, 3.05) is 19.0 Å². The Morgan fingerprint density at radius 1 is 1.07 bits per heavy atom. The van der Waals surface area contributed by atoms with Crippen LogP contribution in [0.1, 0.15) is 63.0 Å². The molecule has 2 aliphatic rings. The minimum Gasteiger partial charge on any atom is -0.376 e. The predicted octanol–water partition coefficient (Wildman–Crippen LogP) is 4.47. The fraction of sp³-hybridized carbons (Fsp3) is 0.636. The number of rotatable bonds is 7. The summed E-state index contributed by atoms with van der Waals surface area (Å²) in [6, 6.07) is 6.52. The maximum Gasteiger partial charge on any atom is 0.247 e. The number of carbonyl (C=O) groups excluding carboxylic acids is 2. The van der Waals surface area contributed by atoms with Crippen molar-refractivity contribution in [1.29, 1.82) is 0 Å². The Labute approximate surface area is 183 Å². The quantitative estimate of drug-likeness (QED) is 0.502. The van der Waals surface area contributed by atoms with Crippen molar-refractivity contribution in [2.45, 2.75) is 69.6 Å². The van der Waals surface area contributed by atoms with Crippen LogP contribution in [-0.2, 0) is 14.3 Å². The lowest BCUT2D eigenvalue weighted by molar-refractivity contribution is -0.141. The summed E-state index contributed by atoms with van der Waals surface area (Å²) in [4.78, 5) is 27.8. The van der Waals surface area contributed by atoms with Gasteiger partial charge < -0.3 is 15.0 Å². The molecule has 5 nitrogen and oxygen atoms in total. The zero-order valence-corrected chi connectivity index (χ0v) is 18.3. The fourth-order valence-corrected chi connectivity index (χ4v) is 4.54. The Bertz CT molecular complexity index is 669. The molecule has 29 heavy (non-hydrogen) atoms. The van der Waals surface area contributed by atoms with E-state index in [-0.39, 0.29) is 29.8 Å². The van der Waals surface area contributed by atoms with Crippen molar-refractivity contribution < 1.29 is 14.3 Å². The Hall–Kier alpha value is -1.30. The van der Waals surface area contributed by atoms with Gasteiger partial charge in [0.25, 0.3) is 0 Å². The highest BCUT2D eigenvalue weighted by Crippen LogP contribution is 2.27. The van der Waals surface area contributed by atoms with Gasteiger partial charge in [-0.25, -0.2) is 0 Å². The third kappa shape index (κ3) is 6.34. The van der Waals surface area contributed by atoms with Crippen LogP contribution >= 0.6 is 23.2 Å². The molecule has 2 unspecified atom stereocenters. The molecule has 2 amide bonds. The molecule has 1 aliphatic carbocycles. The first-order valence-electron chi connectivity index (χ1n) is 10.6. The summed E-state index contributed by atoms with van der Waals surface area (Å²) in [5, 5.41) is 3.80. The van der Waals surface area contributed by atoms with Crippen LogP contribution in [0.25, 0.3) is 0 Å². The van der Waals surface area contributed by atoms with Gasteiger partial charge in [0, 0.05) is 24.2 Å². The predicted molar refractivity (Wildman–Crippen MR) is 115 cm³/mol.